The molecule has 1 N–H and O–H groups in total. The molecule has 0 aliphatic heterocycles. The summed E-state index contributed by atoms with van der Waals surface area (Å²) in [5.74, 6) is 2.22. The normalized spacial score (nSPS) is 11.1. The number of unbranched alkanes of at least 4 members (excludes halogenated alkanes) is 1. The molecule has 0 aliphatic carbocycles. The lowest BCUT2D eigenvalue weighted by Gasteiger charge is -2.29. The summed E-state index contributed by atoms with van der Waals surface area (Å²) in [6, 6.07) is 13.0. The second kappa shape index (κ2) is 14.3. The summed E-state index contributed by atoms with van der Waals surface area (Å²) in [5.41, 5.74) is 1.69. The molecule has 0 unspecified atom stereocenters. The Bertz CT molecular complexity index is 967. The second-order valence-corrected chi connectivity index (χ2v) is 9.36. The van der Waals surface area contributed by atoms with Gasteiger partial charge in [0.2, 0.25) is 0 Å². The van der Waals surface area contributed by atoms with E-state index in [0.717, 1.165) is 37.9 Å². The number of likely N-dealkylation sites (N-methyl/N-ethyl adjacent to an activating group) is 1. The molecule has 0 aliphatic rings. The van der Waals surface area contributed by atoms with E-state index in [0.29, 0.717) is 53.3 Å². The highest BCUT2D eigenvalue weighted by molar-refractivity contribution is 5.95. The van der Waals surface area contributed by atoms with Crippen molar-refractivity contribution < 1.29 is 23.5 Å². The Labute approximate surface area is 210 Å². The van der Waals surface area contributed by atoms with Crippen molar-refractivity contribution in [1.29, 1.82) is 0 Å². The van der Waals surface area contributed by atoms with Crippen LogP contribution in [0.4, 0.5) is 0 Å². The van der Waals surface area contributed by atoms with Gasteiger partial charge in [-0.2, -0.15) is 0 Å². The molecule has 6 heteroatoms. The topological polar surface area (TPSA) is 64.6 Å². The van der Waals surface area contributed by atoms with Crippen LogP contribution >= 0.6 is 0 Å². The number of nitrogens with one attached hydrogen (secondary N) is 1. The predicted octanol–water partition coefficient (Wildman–Crippen LogP) is 5.56. The quantitative estimate of drug-likeness (QED) is 0.148. The van der Waals surface area contributed by atoms with Gasteiger partial charge in [0.1, 0.15) is 5.75 Å². The molecule has 2 aromatic rings. The SMILES string of the molecule is C=CCc1cccc(Oc2ccc(C(=O)CC)cc2)c1OCCCC[N+](C)(C)CC(=O)NCCC. The smallest absolute Gasteiger partial charge is 0.275 e. The lowest BCUT2D eigenvalue weighted by Crippen LogP contribution is -2.48. The van der Waals surface area contributed by atoms with Gasteiger partial charge in [0.05, 0.1) is 27.2 Å². The standard InChI is InChI=1S/C29H40N2O4/c1-6-12-24-13-11-14-27(35-25-17-15-23(16-18-25)26(32)8-3)29(24)34-21-10-9-20-31(4,5)22-28(33)30-19-7-2/h6,11,13-18H,1,7-10,12,19-22H2,2-5H3/p+1. The molecule has 0 heterocycles. The fourth-order valence-electron chi connectivity index (χ4n) is 3.77. The van der Waals surface area contributed by atoms with Crippen molar-refractivity contribution in [1.82, 2.24) is 5.32 Å². The van der Waals surface area contributed by atoms with Crippen LogP contribution in [0.25, 0.3) is 0 Å². The lowest BCUT2D eigenvalue weighted by molar-refractivity contribution is -0.882. The number of ketones is 1. The van der Waals surface area contributed by atoms with E-state index in [9.17, 15) is 9.59 Å². The fraction of sp³-hybridized carbons (Fsp3) is 0.448. The summed E-state index contributed by atoms with van der Waals surface area (Å²) < 4.78 is 13.0. The van der Waals surface area contributed by atoms with E-state index in [1.807, 2.05) is 43.3 Å². The minimum atomic E-state index is 0.0975. The maximum atomic E-state index is 12.1. The summed E-state index contributed by atoms with van der Waals surface area (Å²) in [7, 11) is 4.16. The largest absolute Gasteiger partial charge is 0.489 e. The molecule has 0 fully saturated rings. The van der Waals surface area contributed by atoms with Crippen LogP contribution < -0.4 is 14.8 Å². The van der Waals surface area contributed by atoms with E-state index in [1.165, 1.54) is 0 Å². The van der Waals surface area contributed by atoms with Crippen LogP contribution in [0.2, 0.25) is 0 Å². The Balaban J connectivity index is 1.97. The Morgan fingerprint density at radius 1 is 1.06 bits per heavy atom. The number of hydrogen-bond donors (Lipinski definition) is 1. The summed E-state index contributed by atoms with van der Waals surface area (Å²) in [5, 5.41) is 2.95. The average Bonchev–Trinajstić information content (AvgIpc) is 2.83. The van der Waals surface area contributed by atoms with Crippen LogP contribution in [0.1, 0.15) is 55.5 Å². The Morgan fingerprint density at radius 3 is 2.46 bits per heavy atom. The molecule has 0 bridgehead atoms. The van der Waals surface area contributed by atoms with Gasteiger partial charge in [-0.1, -0.05) is 32.1 Å². The predicted molar refractivity (Wildman–Crippen MR) is 141 cm³/mol. The number of ether oxygens (including phenoxy) is 2. The van der Waals surface area contributed by atoms with E-state index >= 15 is 0 Å². The minimum Gasteiger partial charge on any atom is -0.489 e. The molecule has 1 amide bonds. The van der Waals surface area contributed by atoms with Crippen molar-refractivity contribution in [3.63, 3.8) is 0 Å². The van der Waals surface area contributed by atoms with Gasteiger partial charge in [-0.25, -0.2) is 0 Å². The first-order valence-electron chi connectivity index (χ1n) is 12.5. The number of nitrogens with zero attached hydrogens (tertiary/aromatic N) is 1. The molecular formula is C29H41N2O4+. The van der Waals surface area contributed by atoms with Crippen molar-refractivity contribution in [2.75, 3.05) is 40.3 Å². The first-order chi connectivity index (χ1) is 16.8. The maximum Gasteiger partial charge on any atom is 0.275 e. The number of carbonyl (C=O) groups excluding carboxylic acids is 2. The highest BCUT2D eigenvalue weighted by Crippen LogP contribution is 2.35. The molecule has 0 aromatic heterocycles. The van der Waals surface area contributed by atoms with Gasteiger partial charge in [0.25, 0.3) is 5.91 Å². The summed E-state index contributed by atoms with van der Waals surface area (Å²) in [6.45, 7) is 10.4. The number of para-hydroxylation sites is 1. The molecule has 190 valence electrons. The van der Waals surface area contributed by atoms with Gasteiger partial charge in [0, 0.05) is 24.1 Å². The number of allylic oxidation sites excluding steroid dienone is 1. The van der Waals surface area contributed by atoms with Gasteiger partial charge < -0.3 is 19.3 Å². The van der Waals surface area contributed by atoms with Gasteiger partial charge in [-0.05, 0) is 56.0 Å². The molecule has 2 aromatic carbocycles. The average molecular weight is 482 g/mol. The van der Waals surface area contributed by atoms with Crippen LogP contribution in [0.5, 0.6) is 17.2 Å². The zero-order valence-electron chi connectivity index (χ0n) is 21.8. The van der Waals surface area contributed by atoms with Crippen molar-refractivity contribution in [2.45, 2.75) is 46.0 Å². The fourth-order valence-corrected chi connectivity index (χ4v) is 3.77. The highest BCUT2D eigenvalue weighted by atomic mass is 16.5. The summed E-state index contributed by atoms with van der Waals surface area (Å²) in [6.07, 6.45) is 5.76. The van der Waals surface area contributed by atoms with Crippen molar-refractivity contribution in [2.24, 2.45) is 0 Å². The van der Waals surface area contributed by atoms with Gasteiger partial charge in [0.15, 0.2) is 23.8 Å². The van der Waals surface area contributed by atoms with Gasteiger partial charge in [-0.15, -0.1) is 6.58 Å². The maximum absolute atomic E-state index is 12.1. The van der Waals surface area contributed by atoms with Crippen LogP contribution in [0.3, 0.4) is 0 Å². The molecular weight excluding hydrogens is 440 g/mol. The lowest BCUT2D eigenvalue weighted by atomic mass is 10.1. The van der Waals surface area contributed by atoms with E-state index in [1.54, 1.807) is 12.1 Å². The third-order valence-electron chi connectivity index (χ3n) is 5.70. The Kier molecular flexibility index (Phi) is 11.5. The molecule has 0 spiro atoms. The highest BCUT2D eigenvalue weighted by Gasteiger charge is 2.19. The third kappa shape index (κ3) is 9.57. The van der Waals surface area contributed by atoms with Crippen molar-refractivity contribution in [3.8, 4) is 17.2 Å². The summed E-state index contributed by atoms with van der Waals surface area (Å²) >= 11 is 0. The molecule has 2 rings (SSSR count). The molecule has 0 radical (unpaired) electrons. The monoisotopic (exact) mass is 481 g/mol. The van der Waals surface area contributed by atoms with E-state index in [-0.39, 0.29) is 11.7 Å². The molecule has 0 atom stereocenters. The van der Waals surface area contributed by atoms with Crippen LogP contribution in [0, 0.1) is 0 Å². The van der Waals surface area contributed by atoms with Gasteiger partial charge in [-0.3, -0.25) is 9.59 Å². The third-order valence-corrected chi connectivity index (χ3v) is 5.70. The van der Waals surface area contributed by atoms with Crippen molar-refractivity contribution in [3.05, 3.63) is 66.2 Å². The first-order valence-corrected chi connectivity index (χ1v) is 12.5. The second-order valence-electron chi connectivity index (χ2n) is 9.36. The van der Waals surface area contributed by atoms with E-state index in [2.05, 4.69) is 32.9 Å². The van der Waals surface area contributed by atoms with Crippen molar-refractivity contribution >= 4 is 11.7 Å². The minimum absolute atomic E-state index is 0.0975. The molecule has 0 saturated carbocycles. The van der Waals surface area contributed by atoms with E-state index in [4.69, 9.17) is 9.47 Å². The Hall–Kier alpha value is -3.12. The molecule has 35 heavy (non-hydrogen) atoms. The number of amides is 1. The number of benzene rings is 2. The van der Waals surface area contributed by atoms with Crippen LogP contribution in [0.15, 0.2) is 55.1 Å². The van der Waals surface area contributed by atoms with Crippen LogP contribution in [-0.2, 0) is 11.2 Å². The zero-order chi connectivity index (χ0) is 25.7. The molecule has 6 nitrogen and oxygen atoms in total. The number of hydrogen-bond acceptors (Lipinski definition) is 4. The van der Waals surface area contributed by atoms with E-state index < -0.39 is 0 Å². The number of quaternary nitrogens is 1. The summed E-state index contributed by atoms with van der Waals surface area (Å²) in [4.78, 5) is 23.9. The molecule has 0 saturated heterocycles. The Morgan fingerprint density at radius 2 is 1.80 bits per heavy atom. The number of Topliss-reactive ketones (excluding diaryl/α,β-unsaturated/α-hetero) is 1. The first kappa shape index (κ1) is 28.1. The van der Waals surface area contributed by atoms with Crippen LogP contribution in [-0.4, -0.2) is 56.5 Å². The zero-order valence-corrected chi connectivity index (χ0v) is 21.8. The number of carbonyl (C=O) groups is 2. The van der Waals surface area contributed by atoms with Gasteiger partial charge >= 0.3 is 0 Å². The number of rotatable bonds is 16.